The lowest BCUT2D eigenvalue weighted by molar-refractivity contribution is 0.627. The molecule has 0 fully saturated rings. The molecule has 0 saturated heterocycles. The van der Waals surface area contributed by atoms with Crippen molar-refractivity contribution in [2.45, 2.75) is 13.0 Å². The zero-order valence-electron chi connectivity index (χ0n) is 10.4. The Bertz CT molecular complexity index is 600. The maximum atomic E-state index is 13.3. The number of halogens is 1. The van der Waals surface area contributed by atoms with Crippen LogP contribution in [0.15, 0.2) is 36.5 Å². The molecule has 19 heavy (non-hydrogen) atoms. The van der Waals surface area contributed by atoms with Crippen LogP contribution in [0.25, 0.3) is 0 Å². The molecule has 1 aliphatic heterocycles. The van der Waals surface area contributed by atoms with Gasteiger partial charge in [-0.2, -0.15) is 0 Å². The Labute approximate surface area is 111 Å². The average Bonchev–Trinajstić information content (AvgIpc) is 2.81. The molecule has 98 valence electrons. The maximum absolute atomic E-state index is 13.3. The van der Waals surface area contributed by atoms with Crippen molar-refractivity contribution >= 4 is 11.4 Å². The van der Waals surface area contributed by atoms with Crippen LogP contribution in [-0.2, 0) is 13.0 Å². The molecule has 1 aromatic carbocycles. The molecule has 0 aliphatic carbocycles. The molecule has 2 aromatic rings. The first-order chi connectivity index (χ1) is 9.26. The molecule has 0 atom stereocenters. The van der Waals surface area contributed by atoms with Gasteiger partial charge in [-0.25, -0.2) is 4.39 Å². The number of hydrazine groups is 1. The van der Waals surface area contributed by atoms with E-state index in [-0.39, 0.29) is 5.82 Å². The second-order valence-corrected chi connectivity index (χ2v) is 4.62. The van der Waals surface area contributed by atoms with E-state index in [0.29, 0.717) is 6.54 Å². The molecule has 5 heteroatoms. The van der Waals surface area contributed by atoms with Crippen LogP contribution in [-0.4, -0.2) is 11.5 Å². The maximum Gasteiger partial charge on any atom is 0.125 e. The number of hydrogen-bond acceptors (Lipinski definition) is 4. The zero-order chi connectivity index (χ0) is 13.2. The van der Waals surface area contributed by atoms with Gasteiger partial charge in [0.1, 0.15) is 5.82 Å². The topological polar surface area (TPSA) is 54.2 Å². The van der Waals surface area contributed by atoms with Crippen LogP contribution in [0.5, 0.6) is 0 Å². The number of nitrogens with two attached hydrogens (primary N) is 1. The predicted octanol–water partition coefficient (Wildman–Crippen LogP) is 2.07. The van der Waals surface area contributed by atoms with Crippen molar-refractivity contribution in [1.29, 1.82) is 0 Å². The van der Waals surface area contributed by atoms with Crippen LogP contribution < -0.4 is 16.2 Å². The zero-order valence-corrected chi connectivity index (χ0v) is 10.4. The number of nitrogens with zero attached hydrogens (tertiary/aromatic N) is 2. The van der Waals surface area contributed by atoms with Gasteiger partial charge in [-0.05, 0) is 36.2 Å². The number of nitrogens with one attached hydrogen (secondary N) is 1. The molecule has 0 bridgehead atoms. The second kappa shape index (κ2) is 4.85. The van der Waals surface area contributed by atoms with E-state index in [1.807, 2.05) is 12.1 Å². The van der Waals surface area contributed by atoms with E-state index in [9.17, 15) is 4.39 Å². The SMILES string of the molecule is NNc1ccnc(CN2CCc3ccc(F)cc32)c1. The molecular formula is C14H15FN4. The van der Waals surface area contributed by atoms with Gasteiger partial charge < -0.3 is 10.3 Å². The fraction of sp³-hybridized carbons (Fsp3) is 0.214. The summed E-state index contributed by atoms with van der Waals surface area (Å²) in [5.74, 6) is 5.18. The fourth-order valence-corrected chi connectivity index (χ4v) is 2.43. The van der Waals surface area contributed by atoms with Gasteiger partial charge in [-0.3, -0.25) is 10.8 Å². The van der Waals surface area contributed by atoms with Crippen LogP contribution in [0.1, 0.15) is 11.3 Å². The number of rotatable bonds is 3. The van der Waals surface area contributed by atoms with E-state index in [2.05, 4.69) is 15.3 Å². The quantitative estimate of drug-likeness (QED) is 0.653. The highest BCUT2D eigenvalue weighted by molar-refractivity contribution is 5.58. The highest BCUT2D eigenvalue weighted by atomic mass is 19.1. The number of pyridine rings is 1. The van der Waals surface area contributed by atoms with E-state index in [0.717, 1.165) is 30.0 Å². The molecule has 0 spiro atoms. The van der Waals surface area contributed by atoms with Crippen LogP contribution in [0.2, 0.25) is 0 Å². The van der Waals surface area contributed by atoms with Crippen molar-refractivity contribution in [2.75, 3.05) is 16.9 Å². The van der Waals surface area contributed by atoms with Gasteiger partial charge in [0, 0.05) is 18.4 Å². The Morgan fingerprint density at radius 3 is 3.05 bits per heavy atom. The summed E-state index contributed by atoms with van der Waals surface area (Å²) >= 11 is 0. The normalized spacial score (nSPS) is 13.5. The van der Waals surface area contributed by atoms with Gasteiger partial charge >= 0.3 is 0 Å². The minimum Gasteiger partial charge on any atom is -0.365 e. The number of aromatic nitrogens is 1. The predicted molar refractivity (Wildman–Crippen MR) is 73.2 cm³/mol. The van der Waals surface area contributed by atoms with Crippen molar-refractivity contribution in [1.82, 2.24) is 4.98 Å². The molecule has 0 radical (unpaired) electrons. The molecule has 3 rings (SSSR count). The Morgan fingerprint density at radius 1 is 1.32 bits per heavy atom. The molecule has 4 nitrogen and oxygen atoms in total. The van der Waals surface area contributed by atoms with E-state index in [1.54, 1.807) is 18.3 Å². The number of nitrogen functional groups attached to an aromatic ring is 1. The number of anilines is 2. The van der Waals surface area contributed by atoms with E-state index in [1.165, 1.54) is 11.6 Å². The minimum atomic E-state index is -0.198. The molecule has 1 aliphatic rings. The van der Waals surface area contributed by atoms with Gasteiger partial charge in [0.2, 0.25) is 0 Å². The Balaban J connectivity index is 1.84. The first-order valence-corrected chi connectivity index (χ1v) is 6.21. The van der Waals surface area contributed by atoms with Crippen molar-refractivity contribution < 1.29 is 4.39 Å². The van der Waals surface area contributed by atoms with Crippen LogP contribution >= 0.6 is 0 Å². The highest BCUT2D eigenvalue weighted by Gasteiger charge is 2.19. The average molecular weight is 258 g/mol. The first-order valence-electron chi connectivity index (χ1n) is 6.21. The lowest BCUT2D eigenvalue weighted by Crippen LogP contribution is -2.20. The largest absolute Gasteiger partial charge is 0.365 e. The van der Waals surface area contributed by atoms with E-state index < -0.39 is 0 Å². The lowest BCUT2D eigenvalue weighted by Gasteiger charge is -2.19. The third kappa shape index (κ3) is 2.37. The Kier molecular flexibility index (Phi) is 3.05. The standard InChI is InChI=1S/C14H15FN4/c15-11-2-1-10-4-6-19(14(10)7-11)9-13-8-12(18-16)3-5-17-13/h1-3,5,7-8H,4,6,9,16H2,(H,17,18). The summed E-state index contributed by atoms with van der Waals surface area (Å²) in [5.41, 5.74) is 6.49. The van der Waals surface area contributed by atoms with Gasteiger partial charge in [-0.1, -0.05) is 6.07 Å². The van der Waals surface area contributed by atoms with Crippen LogP contribution in [0, 0.1) is 5.82 Å². The Hall–Kier alpha value is -2.14. The molecular weight excluding hydrogens is 243 g/mol. The third-order valence-corrected chi connectivity index (χ3v) is 3.38. The number of fused-ring (bicyclic) bond motifs is 1. The van der Waals surface area contributed by atoms with Crippen LogP contribution in [0.3, 0.4) is 0 Å². The van der Waals surface area contributed by atoms with Crippen molar-refractivity contribution in [3.63, 3.8) is 0 Å². The number of benzene rings is 1. The monoisotopic (exact) mass is 258 g/mol. The highest BCUT2D eigenvalue weighted by Crippen LogP contribution is 2.29. The van der Waals surface area contributed by atoms with Crippen molar-refractivity contribution in [3.05, 3.63) is 53.6 Å². The first kappa shape index (κ1) is 11.9. The smallest absolute Gasteiger partial charge is 0.125 e. The van der Waals surface area contributed by atoms with Gasteiger partial charge in [0.25, 0.3) is 0 Å². The molecule has 3 N–H and O–H groups in total. The number of hydrogen-bond donors (Lipinski definition) is 2. The molecule has 1 aromatic heterocycles. The van der Waals surface area contributed by atoms with Crippen molar-refractivity contribution in [3.8, 4) is 0 Å². The summed E-state index contributed by atoms with van der Waals surface area (Å²) in [6, 6.07) is 8.67. The fourth-order valence-electron chi connectivity index (χ4n) is 2.43. The summed E-state index contributed by atoms with van der Waals surface area (Å²) < 4.78 is 13.3. The minimum absolute atomic E-state index is 0.198. The third-order valence-electron chi connectivity index (χ3n) is 3.38. The summed E-state index contributed by atoms with van der Waals surface area (Å²) in [6.45, 7) is 1.55. The molecule has 2 heterocycles. The summed E-state index contributed by atoms with van der Waals surface area (Å²) in [4.78, 5) is 6.46. The van der Waals surface area contributed by atoms with Gasteiger partial charge in [-0.15, -0.1) is 0 Å². The van der Waals surface area contributed by atoms with E-state index >= 15 is 0 Å². The second-order valence-electron chi connectivity index (χ2n) is 4.62. The molecule has 0 saturated carbocycles. The summed E-state index contributed by atoms with van der Waals surface area (Å²) in [5, 5.41) is 0. The van der Waals surface area contributed by atoms with Gasteiger partial charge in [0.15, 0.2) is 0 Å². The summed E-state index contributed by atoms with van der Waals surface area (Å²) in [7, 11) is 0. The summed E-state index contributed by atoms with van der Waals surface area (Å²) in [6.07, 6.45) is 2.66. The Morgan fingerprint density at radius 2 is 2.21 bits per heavy atom. The van der Waals surface area contributed by atoms with Gasteiger partial charge in [0.05, 0.1) is 17.9 Å². The molecule has 0 unspecified atom stereocenters. The van der Waals surface area contributed by atoms with Crippen LogP contribution in [0.4, 0.5) is 15.8 Å². The van der Waals surface area contributed by atoms with Crippen molar-refractivity contribution in [2.24, 2.45) is 5.84 Å². The lowest BCUT2D eigenvalue weighted by atomic mass is 10.2. The molecule has 0 amide bonds. The van der Waals surface area contributed by atoms with E-state index in [4.69, 9.17) is 5.84 Å².